The zero-order chi connectivity index (χ0) is 20.6. The molecular weight excluding hydrogens is 380 g/mol. The first-order valence-electron chi connectivity index (χ1n) is 9.94. The fourth-order valence-electron chi connectivity index (χ4n) is 3.28. The number of amides is 1. The summed E-state index contributed by atoms with van der Waals surface area (Å²) in [6.45, 7) is 4.07. The lowest BCUT2D eigenvalue weighted by molar-refractivity contribution is -0.117. The van der Waals surface area contributed by atoms with Crippen LogP contribution in [0.25, 0.3) is 0 Å². The van der Waals surface area contributed by atoms with E-state index >= 15 is 0 Å². The molecule has 1 amide bonds. The highest BCUT2D eigenvalue weighted by molar-refractivity contribution is 7.10. The number of methoxy groups -OCH3 is 1. The molecule has 29 heavy (non-hydrogen) atoms. The third kappa shape index (κ3) is 5.46. The van der Waals surface area contributed by atoms with Crippen molar-refractivity contribution in [3.8, 4) is 5.75 Å². The summed E-state index contributed by atoms with van der Waals surface area (Å²) in [7, 11) is 1.60. The molecule has 0 saturated heterocycles. The maximum absolute atomic E-state index is 12.8. The lowest BCUT2D eigenvalue weighted by Crippen LogP contribution is -2.40. The largest absolute Gasteiger partial charge is 0.495 e. The fraction of sp³-hybridized carbons (Fsp3) is 0.292. The molecule has 0 saturated carbocycles. The summed E-state index contributed by atoms with van der Waals surface area (Å²) < 4.78 is 5.33. The summed E-state index contributed by atoms with van der Waals surface area (Å²) in [6, 6.07) is 19.8. The van der Waals surface area contributed by atoms with Crippen molar-refractivity contribution in [2.75, 3.05) is 12.4 Å². The average Bonchev–Trinajstić information content (AvgIpc) is 3.27. The van der Waals surface area contributed by atoms with E-state index in [1.165, 1.54) is 10.4 Å². The second-order valence-corrected chi connectivity index (χ2v) is 8.00. The van der Waals surface area contributed by atoms with Crippen LogP contribution in [0.4, 0.5) is 5.69 Å². The first-order valence-corrected chi connectivity index (χ1v) is 10.8. The summed E-state index contributed by atoms with van der Waals surface area (Å²) in [5.74, 6) is 0.549. The van der Waals surface area contributed by atoms with Crippen molar-refractivity contribution < 1.29 is 9.53 Å². The third-order valence-electron chi connectivity index (χ3n) is 4.85. The second-order valence-electron chi connectivity index (χ2n) is 7.02. The highest BCUT2D eigenvalue weighted by Crippen LogP contribution is 2.28. The Morgan fingerprint density at radius 1 is 1.07 bits per heavy atom. The molecule has 3 aromatic rings. The number of ether oxygens (including phenoxy) is 1. The quantitative estimate of drug-likeness (QED) is 0.497. The molecule has 3 rings (SSSR count). The van der Waals surface area contributed by atoms with Gasteiger partial charge in [0.05, 0.1) is 24.9 Å². The molecule has 0 aliphatic carbocycles. The van der Waals surface area contributed by atoms with Crippen molar-refractivity contribution in [2.45, 2.75) is 38.8 Å². The molecule has 5 heteroatoms. The van der Waals surface area contributed by atoms with Gasteiger partial charge < -0.3 is 10.1 Å². The second kappa shape index (κ2) is 10.2. The minimum Gasteiger partial charge on any atom is -0.495 e. The number of rotatable bonds is 9. The number of thiophene rings is 1. The van der Waals surface area contributed by atoms with Crippen LogP contribution in [-0.4, -0.2) is 19.1 Å². The zero-order valence-corrected chi connectivity index (χ0v) is 18.0. The number of carbonyl (C=O) groups is 1. The molecule has 0 unspecified atom stereocenters. The Hall–Kier alpha value is -2.63. The molecule has 152 valence electrons. The maximum Gasteiger partial charge on any atom is 0.241 e. The lowest BCUT2D eigenvalue weighted by Gasteiger charge is -2.23. The fourth-order valence-corrected chi connectivity index (χ4v) is 4.09. The number of hydrogen-bond donors (Lipinski definition) is 2. The Labute approximate surface area is 176 Å². The number of carbonyl (C=O) groups excluding carboxylic acids is 1. The van der Waals surface area contributed by atoms with Crippen LogP contribution in [0.1, 0.15) is 42.3 Å². The molecule has 4 nitrogen and oxygen atoms in total. The van der Waals surface area contributed by atoms with E-state index in [2.05, 4.69) is 53.3 Å². The van der Waals surface area contributed by atoms with E-state index in [1.807, 2.05) is 37.3 Å². The van der Waals surface area contributed by atoms with Crippen molar-refractivity contribution in [2.24, 2.45) is 0 Å². The van der Waals surface area contributed by atoms with E-state index in [0.717, 1.165) is 18.4 Å². The third-order valence-corrected chi connectivity index (χ3v) is 5.79. The van der Waals surface area contributed by atoms with Crippen molar-refractivity contribution in [1.82, 2.24) is 5.32 Å². The number of nitrogens with one attached hydrogen (secondary N) is 2. The molecule has 2 aromatic carbocycles. The van der Waals surface area contributed by atoms with E-state index in [1.54, 1.807) is 18.4 Å². The number of benzene rings is 2. The molecule has 1 aromatic heterocycles. The summed E-state index contributed by atoms with van der Waals surface area (Å²) >= 11 is 1.69. The van der Waals surface area contributed by atoms with E-state index in [4.69, 9.17) is 4.74 Å². The molecule has 1 heterocycles. The van der Waals surface area contributed by atoms with Gasteiger partial charge >= 0.3 is 0 Å². The number of aryl methyl sites for hydroxylation is 1. The number of anilines is 1. The van der Waals surface area contributed by atoms with Crippen LogP contribution >= 0.6 is 11.3 Å². The SMILES string of the molecule is CCCc1ccc([C@@H](N[C@@H](C)C(=O)Nc2ccccc2OC)c2cccs2)cc1. The zero-order valence-electron chi connectivity index (χ0n) is 17.1. The van der Waals surface area contributed by atoms with Crippen LogP contribution in [0.15, 0.2) is 66.0 Å². The smallest absolute Gasteiger partial charge is 0.241 e. The topological polar surface area (TPSA) is 50.4 Å². The highest BCUT2D eigenvalue weighted by atomic mass is 32.1. The first kappa shape index (κ1) is 21.1. The molecule has 2 atom stereocenters. The predicted octanol–water partition coefficient (Wildman–Crippen LogP) is 5.42. The molecular formula is C24H28N2O2S. The van der Waals surface area contributed by atoms with E-state index in [-0.39, 0.29) is 18.0 Å². The van der Waals surface area contributed by atoms with Crippen LogP contribution in [0.5, 0.6) is 5.75 Å². The van der Waals surface area contributed by atoms with Gasteiger partial charge in [0.2, 0.25) is 5.91 Å². The number of hydrogen-bond acceptors (Lipinski definition) is 4. The van der Waals surface area contributed by atoms with Gasteiger partial charge in [-0.25, -0.2) is 0 Å². The average molecular weight is 409 g/mol. The lowest BCUT2D eigenvalue weighted by atomic mass is 10.0. The van der Waals surface area contributed by atoms with Crippen LogP contribution in [0, 0.1) is 0 Å². The van der Waals surface area contributed by atoms with E-state index < -0.39 is 0 Å². The Balaban J connectivity index is 1.76. The normalized spacial score (nSPS) is 12.9. The maximum atomic E-state index is 12.8. The Morgan fingerprint density at radius 2 is 1.83 bits per heavy atom. The summed E-state index contributed by atoms with van der Waals surface area (Å²) in [4.78, 5) is 14.0. The van der Waals surface area contributed by atoms with Crippen LogP contribution in [-0.2, 0) is 11.2 Å². The van der Waals surface area contributed by atoms with Crippen LogP contribution in [0.3, 0.4) is 0 Å². The minimum absolute atomic E-state index is 0.0379. The van der Waals surface area contributed by atoms with Crippen molar-refractivity contribution in [1.29, 1.82) is 0 Å². The molecule has 0 bridgehead atoms. The van der Waals surface area contributed by atoms with Gasteiger partial charge in [-0.15, -0.1) is 11.3 Å². The van der Waals surface area contributed by atoms with E-state index in [0.29, 0.717) is 11.4 Å². The Bertz CT molecular complexity index is 907. The first-order chi connectivity index (χ1) is 14.1. The van der Waals surface area contributed by atoms with Crippen molar-refractivity contribution in [3.63, 3.8) is 0 Å². The summed E-state index contributed by atoms with van der Waals surface area (Å²) in [5, 5.41) is 8.53. The van der Waals surface area contributed by atoms with Crippen LogP contribution < -0.4 is 15.4 Å². The van der Waals surface area contributed by atoms with Gasteiger partial charge in [-0.2, -0.15) is 0 Å². The molecule has 0 aliphatic heterocycles. The summed E-state index contributed by atoms with van der Waals surface area (Å²) in [5.41, 5.74) is 3.16. The van der Waals surface area contributed by atoms with Gasteiger partial charge in [-0.3, -0.25) is 10.1 Å². The highest BCUT2D eigenvalue weighted by Gasteiger charge is 2.22. The van der Waals surface area contributed by atoms with Gasteiger partial charge in [0, 0.05) is 4.88 Å². The van der Waals surface area contributed by atoms with Gasteiger partial charge in [0.25, 0.3) is 0 Å². The summed E-state index contributed by atoms with van der Waals surface area (Å²) in [6.07, 6.45) is 2.21. The minimum atomic E-state index is -0.387. The number of para-hydroxylation sites is 2. The molecule has 0 spiro atoms. The molecule has 2 N–H and O–H groups in total. The Kier molecular flexibility index (Phi) is 7.44. The van der Waals surface area contributed by atoms with Crippen molar-refractivity contribution >= 4 is 22.9 Å². The van der Waals surface area contributed by atoms with Crippen LogP contribution in [0.2, 0.25) is 0 Å². The monoisotopic (exact) mass is 408 g/mol. The van der Waals surface area contributed by atoms with Gasteiger partial charge in [-0.1, -0.05) is 55.8 Å². The van der Waals surface area contributed by atoms with Gasteiger partial charge in [-0.05, 0) is 48.1 Å². The Morgan fingerprint density at radius 3 is 2.48 bits per heavy atom. The van der Waals surface area contributed by atoms with Gasteiger partial charge in [0.1, 0.15) is 5.75 Å². The molecule has 0 aliphatic rings. The van der Waals surface area contributed by atoms with Gasteiger partial charge in [0.15, 0.2) is 0 Å². The predicted molar refractivity (Wildman–Crippen MR) is 121 cm³/mol. The van der Waals surface area contributed by atoms with Crippen molar-refractivity contribution in [3.05, 3.63) is 82.0 Å². The van der Waals surface area contributed by atoms with E-state index in [9.17, 15) is 4.79 Å². The standard InChI is InChI=1S/C24H28N2O2S/c1-4-8-18-12-14-19(15-13-18)23(22-11-7-16-29-22)25-17(2)24(27)26-20-9-5-6-10-21(20)28-3/h5-7,9-17,23,25H,4,8H2,1-3H3,(H,26,27)/t17-,23+/m0/s1. The molecule has 0 fully saturated rings. The molecule has 0 radical (unpaired) electrons.